The molecule has 0 aliphatic rings. The lowest BCUT2D eigenvalue weighted by atomic mass is 9.98. The summed E-state index contributed by atoms with van der Waals surface area (Å²) in [5, 5.41) is 0.938. The standard InChI is InChI=1S/C20H21NO3S/c1-20(2,12-22)13-24-11-14-8-9-15(17(10-14)23-3)19-21-16-6-4-5-7-18(16)25-19/h4-10,12H,11,13H2,1-3H3. The van der Waals surface area contributed by atoms with Gasteiger partial charge in [0.25, 0.3) is 0 Å². The molecule has 1 heterocycles. The fourth-order valence-corrected chi connectivity index (χ4v) is 3.45. The molecular formula is C20H21NO3S. The highest BCUT2D eigenvalue weighted by atomic mass is 32.1. The van der Waals surface area contributed by atoms with Crippen LogP contribution < -0.4 is 4.74 Å². The van der Waals surface area contributed by atoms with E-state index in [1.54, 1.807) is 18.4 Å². The molecule has 1 aromatic heterocycles. The number of fused-ring (bicyclic) bond motifs is 1. The van der Waals surface area contributed by atoms with Gasteiger partial charge in [0.2, 0.25) is 0 Å². The van der Waals surface area contributed by atoms with Crippen molar-refractivity contribution in [2.75, 3.05) is 13.7 Å². The van der Waals surface area contributed by atoms with Crippen molar-refractivity contribution in [2.24, 2.45) is 5.41 Å². The Morgan fingerprint density at radius 3 is 2.72 bits per heavy atom. The van der Waals surface area contributed by atoms with Crippen LogP contribution in [0.3, 0.4) is 0 Å². The maximum absolute atomic E-state index is 10.9. The Morgan fingerprint density at radius 1 is 1.20 bits per heavy atom. The molecule has 25 heavy (non-hydrogen) atoms. The van der Waals surface area contributed by atoms with Crippen LogP contribution in [0.2, 0.25) is 0 Å². The first-order chi connectivity index (χ1) is 12.0. The minimum Gasteiger partial charge on any atom is -0.496 e. The lowest BCUT2D eigenvalue weighted by Gasteiger charge is -2.17. The van der Waals surface area contributed by atoms with Crippen molar-refractivity contribution in [3.05, 3.63) is 48.0 Å². The third kappa shape index (κ3) is 4.06. The van der Waals surface area contributed by atoms with Gasteiger partial charge in [-0.3, -0.25) is 0 Å². The number of carbonyl (C=O) groups is 1. The van der Waals surface area contributed by atoms with E-state index in [-0.39, 0.29) is 0 Å². The molecule has 0 radical (unpaired) electrons. The third-order valence-corrected chi connectivity index (χ3v) is 4.92. The minimum atomic E-state index is -0.467. The lowest BCUT2D eigenvalue weighted by molar-refractivity contribution is -0.117. The summed E-state index contributed by atoms with van der Waals surface area (Å²) >= 11 is 1.65. The second kappa shape index (κ2) is 7.33. The molecule has 0 amide bonds. The van der Waals surface area contributed by atoms with Crippen molar-refractivity contribution in [1.82, 2.24) is 4.98 Å². The number of ether oxygens (including phenoxy) is 2. The highest BCUT2D eigenvalue weighted by Crippen LogP contribution is 2.36. The Bertz CT molecular complexity index is 853. The molecule has 0 atom stereocenters. The SMILES string of the molecule is COc1cc(COCC(C)(C)C=O)ccc1-c1nc2ccccc2s1. The van der Waals surface area contributed by atoms with Crippen LogP contribution in [-0.4, -0.2) is 25.0 Å². The van der Waals surface area contributed by atoms with Gasteiger partial charge in [-0.1, -0.05) is 32.0 Å². The molecule has 0 unspecified atom stereocenters. The lowest BCUT2D eigenvalue weighted by Crippen LogP contribution is -2.20. The average molecular weight is 355 g/mol. The van der Waals surface area contributed by atoms with Crippen LogP contribution in [0.1, 0.15) is 19.4 Å². The summed E-state index contributed by atoms with van der Waals surface area (Å²) < 4.78 is 12.4. The predicted octanol–water partition coefficient (Wildman–Crippen LogP) is 4.71. The van der Waals surface area contributed by atoms with Gasteiger partial charge in [-0.25, -0.2) is 4.98 Å². The number of para-hydroxylation sites is 1. The molecule has 4 nitrogen and oxygen atoms in total. The van der Waals surface area contributed by atoms with Gasteiger partial charge in [-0.15, -0.1) is 11.3 Å². The van der Waals surface area contributed by atoms with Crippen LogP contribution in [0.25, 0.3) is 20.8 Å². The molecule has 0 spiro atoms. The maximum atomic E-state index is 10.9. The third-order valence-electron chi connectivity index (χ3n) is 3.85. The van der Waals surface area contributed by atoms with Gasteiger partial charge in [-0.2, -0.15) is 0 Å². The van der Waals surface area contributed by atoms with Crippen molar-refractivity contribution in [3.8, 4) is 16.3 Å². The largest absolute Gasteiger partial charge is 0.496 e. The number of nitrogens with zero attached hydrogens (tertiary/aromatic N) is 1. The smallest absolute Gasteiger partial charge is 0.129 e. The summed E-state index contributed by atoms with van der Waals surface area (Å²) in [7, 11) is 1.66. The molecule has 3 aromatic rings. The molecule has 0 saturated heterocycles. The monoisotopic (exact) mass is 355 g/mol. The first-order valence-corrected chi connectivity index (χ1v) is 8.91. The topological polar surface area (TPSA) is 48.4 Å². The van der Waals surface area contributed by atoms with Crippen LogP contribution in [0, 0.1) is 5.41 Å². The summed E-state index contributed by atoms with van der Waals surface area (Å²) in [6.45, 7) is 4.54. The number of hydrogen-bond acceptors (Lipinski definition) is 5. The Balaban J connectivity index is 1.81. The highest BCUT2D eigenvalue weighted by molar-refractivity contribution is 7.21. The number of aromatic nitrogens is 1. The molecule has 5 heteroatoms. The Morgan fingerprint density at radius 2 is 2.00 bits per heavy atom. The van der Waals surface area contributed by atoms with Crippen LogP contribution >= 0.6 is 11.3 Å². The molecule has 0 fully saturated rings. The van der Waals surface area contributed by atoms with E-state index in [9.17, 15) is 4.79 Å². The Hall–Kier alpha value is -2.24. The Labute approximate surface area is 151 Å². The second-order valence-corrected chi connectivity index (χ2v) is 7.65. The van der Waals surface area contributed by atoms with Crippen LogP contribution in [0.4, 0.5) is 0 Å². The molecular weight excluding hydrogens is 334 g/mol. The van der Waals surface area contributed by atoms with Gasteiger partial charge in [-0.05, 0) is 29.8 Å². The minimum absolute atomic E-state index is 0.387. The summed E-state index contributed by atoms with van der Waals surface area (Å²) in [5.74, 6) is 0.773. The van der Waals surface area contributed by atoms with Gasteiger partial charge in [0, 0.05) is 5.41 Å². The predicted molar refractivity (Wildman–Crippen MR) is 101 cm³/mol. The number of benzene rings is 2. The molecule has 130 valence electrons. The van der Waals surface area contributed by atoms with Crippen LogP contribution in [0.5, 0.6) is 5.75 Å². The van der Waals surface area contributed by atoms with Crippen LogP contribution in [-0.2, 0) is 16.1 Å². The quantitative estimate of drug-likeness (QED) is 0.576. The van der Waals surface area contributed by atoms with E-state index in [0.29, 0.717) is 13.2 Å². The van der Waals surface area contributed by atoms with Gasteiger partial charge in [0.15, 0.2) is 0 Å². The summed E-state index contributed by atoms with van der Waals surface area (Å²) in [4.78, 5) is 15.6. The summed E-state index contributed by atoms with van der Waals surface area (Å²) in [6, 6.07) is 14.1. The number of hydrogen-bond donors (Lipinski definition) is 0. The Kier molecular flexibility index (Phi) is 5.16. The van der Waals surface area contributed by atoms with Crippen molar-refractivity contribution in [1.29, 1.82) is 0 Å². The van der Waals surface area contributed by atoms with Crippen molar-refractivity contribution < 1.29 is 14.3 Å². The molecule has 2 aromatic carbocycles. The van der Waals surface area contributed by atoms with Gasteiger partial charge in [0.1, 0.15) is 17.0 Å². The number of rotatable bonds is 7. The molecule has 3 rings (SSSR count). The zero-order valence-corrected chi connectivity index (χ0v) is 15.4. The zero-order valence-electron chi connectivity index (χ0n) is 14.6. The number of methoxy groups -OCH3 is 1. The van der Waals surface area contributed by atoms with Crippen molar-refractivity contribution in [3.63, 3.8) is 0 Å². The normalized spacial score (nSPS) is 11.6. The second-order valence-electron chi connectivity index (χ2n) is 6.62. The van der Waals surface area contributed by atoms with E-state index in [4.69, 9.17) is 14.5 Å². The van der Waals surface area contributed by atoms with Crippen LogP contribution in [0.15, 0.2) is 42.5 Å². The zero-order chi connectivity index (χ0) is 17.9. The van der Waals surface area contributed by atoms with E-state index in [1.165, 1.54) is 0 Å². The number of aldehydes is 1. The van der Waals surface area contributed by atoms with Crippen molar-refractivity contribution in [2.45, 2.75) is 20.5 Å². The fourth-order valence-electron chi connectivity index (χ4n) is 2.46. The van der Waals surface area contributed by atoms with Gasteiger partial charge >= 0.3 is 0 Å². The van der Waals surface area contributed by atoms with E-state index >= 15 is 0 Å². The molecule has 0 saturated carbocycles. The number of thiazole rings is 1. The summed E-state index contributed by atoms with van der Waals surface area (Å²) in [6.07, 6.45) is 0.920. The van der Waals surface area contributed by atoms with E-state index < -0.39 is 5.41 Å². The van der Waals surface area contributed by atoms with E-state index in [2.05, 4.69) is 6.07 Å². The number of carbonyl (C=O) groups excluding carboxylic acids is 1. The molecule has 0 N–H and O–H groups in total. The van der Waals surface area contributed by atoms with Crippen molar-refractivity contribution >= 4 is 27.8 Å². The fraction of sp³-hybridized carbons (Fsp3) is 0.300. The first kappa shape index (κ1) is 17.6. The molecule has 0 bridgehead atoms. The molecule has 0 aliphatic carbocycles. The van der Waals surface area contributed by atoms with E-state index in [1.807, 2.05) is 50.2 Å². The highest BCUT2D eigenvalue weighted by Gasteiger charge is 2.17. The van der Waals surface area contributed by atoms with Gasteiger partial charge < -0.3 is 14.3 Å². The maximum Gasteiger partial charge on any atom is 0.129 e. The van der Waals surface area contributed by atoms with E-state index in [0.717, 1.165) is 38.4 Å². The average Bonchev–Trinajstić information content (AvgIpc) is 3.05. The molecule has 0 aliphatic heterocycles. The first-order valence-electron chi connectivity index (χ1n) is 8.09. The van der Waals surface area contributed by atoms with Gasteiger partial charge in [0.05, 0.1) is 36.1 Å². The summed E-state index contributed by atoms with van der Waals surface area (Å²) in [5.41, 5.74) is 2.50.